The van der Waals surface area contributed by atoms with Gasteiger partial charge in [0.2, 0.25) is 0 Å². The SMILES string of the molecule is COCCCn1nc2n(c1=O)CCNC2. The molecule has 1 aliphatic rings. The van der Waals surface area contributed by atoms with Crippen LogP contribution in [0.4, 0.5) is 0 Å². The summed E-state index contributed by atoms with van der Waals surface area (Å²) >= 11 is 0. The number of nitrogens with one attached hydrogen (secondary N) is 1. The number of aromatic nitrogens is 3. The van der Waals surface area contributed by atoms with Crippen molar-refractivity contribution in [2.24, 2.45) is 0 Å². The van der Waals surface area contributed by atoms with E-state index in [0.717, 1.165) is 25.3 Å². The predicted octanol–water partition coefficient (Wildman–Crippen LogP) is -0.815. The topological polar surface area (TPSA) is 61.1 Å². The highest BCUT2D eigenvalue weighted by Crippen LogP contribution is 1.98. The smallest absolute Gasteiger partial charge is 0.345 e. The fraction of sp³-hybridized carbons (Fsp3) is 0.778. The van der Waals surface area contributed by atoms with Crippen molar-refractivity contribution in [2.75, 3.05) is 20.3 Å². The molecule has 6 heteroatoms. The highest BCUT2D eigenvalue weighted by Gasteiger charge is 2.15. The second kappa shape index (κ2) is 4.59. The van der Waals surface area contributed by atoms with Gasteiger partial charge in [-0.25, -0.2) is 9.48 Å². The van der Waals surface area contributed by atoms with Crippen molar-refractivity contribution in [2.45, 2.75) is 26.1 Å². The molecule has 1 N–H and O–H groups in total. The molecule has 0 unspecified atom stereocenters. The van der Waals surface area contributed by atoms with Crippen LogP contribution in [0.25, 0.3) is 0 Å². The zero-order valence-electron chi connectivity index (χ0n) is 8.90. The number of rotatable bonds is 4. The van der Waals surface area contributed by atoms with Crippen molar-refractivity contribution in [3.05, 3.63) is 16.3 Å². The van der Waals surface area contributed by atoms with Crippen molar-refractivity contribution in [1.82, 2.24) is 19.7 Å². The minimum Gasteiger partial charge on any atom is -0.385 e. The van der Waals surface area contributed by atoms with Gasteiger partial charge in [-0.2, -0.15) is 5.10 Å². The van der Waals surface area contributed by atoms with E-state index in [-0.39, 0.29) is 5.69 Å². The first-order chi connectivity index (χ1) is 7.33. The maximum absolute atomic E-state index is 11.8. The van der Waals surface area contributed by atoms with E-state index in [4.69, 9.17) is 4.74 Å². The second-order valence-corrected chi connectivity index (χ2v) is 3.60. The van der Waals surface area contributed by atoms with Gasteiger partial charge in [0, 0.05) is 33.4 Å². The Balaban J connectivity index is 2.11. The van der Waals surface area contributed by atoms with Crippen molar-refractivity contribution in [1.29, 1.82) is 0 Å². The molecule has 1 aromatic heterocycles. The van der Waals surface area contributed by atoms with E-state index in [2.05, 4.69) is 10.4 Å². The van der Waals surface area contributed by atoms with Crippen LogP contribution >= 0.6 is 0 Å². The average Bonchev–Trinajstić information content (AvgIpc) is 2.57. The Morgan fingerprint density at radius 3 is 3.20 bits per heavy atom. The molecular weight excluding hydrogens is 196 g/mol. The van der Waals surface area contributed by atoms with Gasteiger partial charge in [0.05, 0.1) is 6.54 Å². The van der Waals surface area contributed by atoms with Crippen molar-refractivity contribution >= 4 is 0 Å². The molecule has 0 spiro atoms. The molecule has 0 fully saturated rings. The lowest BCUT2D eigenvalue weighted by Gasteiger charge is -2.11. The zero-order valence-corrected chi connectivity index (χ0v) is 8.90. The van der Waals surface area contributed by atoms with E-state index in [1.807, 2.05) is 0 Å². The van der Waals surface area contributed by atoms with Gasteiger partial charge in [-0.05, 0) is 6.42 Å². The molecule has 0 aliphatic carbocycles. The van der Waals surface area contributed by atoms with Gasteiger partial charge in [-0.1, -0.05) is 0 Å². The summed E-state index contributed by atoms with van der Waals surface area (Å²) in [6.45, 7) is 3.54. The van der Waals surface area contributed by atoms with E-state index in [0.29, 0.717) is 19.7 Å². The quantitative estimate of drug-likeness (QED) is 0.663. The van der Waals surface area contributed by atoms with Crippen molar-refractivity contribution in [3.8, 4) is 0 Å². The lowest BCUT2D eigenvalue weighted by atomic mass is 10.4. The summed E-state index contributed by atoms with van der Waals surface area (Å²) in [4.78, 5) is 11.8. The van der Waals surface area contributed by atoms with E-state index in [1.54, 1.807) is 11.7 Å². The Kier molecular flexibility index (Phi) is 3.17. The summed E-state index contributed by atoms with van der Waals surface area (Å²) in [6, 6.07) is 0. The largest absolute Gasteiger partial charge is 0.385 e. The molecule has 2 rings (SSSR count). The first-order valence-corrected chi connectivity index (χ1v) is 5.19. The molecule has 6 nitrogen and oxygen atoms in total. The molecule has 0 saturated heterocycles. The molecule has 0 aromatic carbocycles. The summed E-state index contributed by atoms with van der Waals surface area (Å²) < 4.78 is 8.21. The number of fused-ring (bicyclic) bond motifs is 1. The highest BCUT2D eigenvalue weighted by atomic mass is 16.5. The predicted molar refractivity (Wildman–Crippen MR) is 54.7 cm³/mol. The third-order valence-electron chi connectivity index (χ3n) is 2.51. The highest BCUT2D eigenvalue weighted by molar-refractivity contribution is 4.90. The molecule has 1 aliphatic heterocycles. The Hall–Kier alpha value is -1.14. The number of nitrogens with zero attached hydrogens (tertiary/aromatic N) is 3. The molecular formula is C9H16N4O2. The second-order valence-electron chi connectivity index (χ2n) is 3.60. The molecule has 0 amide bonds. The number of hydrogen-bond donors (Lipinski definition) is 1. The summed E-state index contributed by atoms with van der Waals surface area (Å²) in [5, 5.41) is 7.46. The maximum Gasteiger partial charge on any atom is 0.345 e. The number of ether oxygens (including phenoxy) is 1. The van der Waals surface area contributed by atoms with Gasteiger partial charge in [-0.15, -0.1) is 0 Å². The van der Waals surface area contributed by atoms with Crippen LogP contribution in [0.5, 0.6) is 0 Å². The van der Waals surface area contributed by atoms with Crippen LogP contribution in [0.3, 0.4) is 0 Å². The number of methoxy groups -OCH3 is 1. The molecule has 2 heterocycles. The lowest BCUT2D eigenvalue weighted by Crippen LogP contribution is -2.34. The fourth-order valence-corrected chi connectivity index (χ4v) is 1.74. The summed E-state index contributed by atoms with van der Waals surface area (Å²) in [7, 11) is 1.66. The third kappa shape index (κ3) is 2.10. The van der Waals surface area contributed by atoms with Gasteiger partial charge in [-0.3, -0.25) is 4.57 Å². The van der Waals surface area contributed by atoms with Crippen LogP contribution in [0.15, 0.2) is 4.79 Å². The van der Waals surface area contributed by atoms with E-state index < -0.39 is 0 Å². The molecule has 84 valence electrons. The zero-order chi connectivity index (χ0) is 10.7. The van der Waals surface area contributed by atoms with Gasteiger partial charge >= 0.3 is 5.69 Å². The summed E-state index contributed by atoms with van der Waals surface area (Å²) in [5.74, 6) is 0.837. The molecule has 0 bridgehead atoms. The Bertz CT molecular complexity index is 382. The monoisotopic (exact) mass is 212 g/mol. The molecule has 1 aromatic rings. The van der Waals surface area contributed by atoms with Crippen molar-refractivity contribution < 1.29 is 4.74 Å². The first-order valence-electron chi connectivity index (χ1n) is 5.19. The lowest BCUT2D eigenvalue weighted by molar-refractivity contribution is 0.188. The normalized spacial score (nSPS) is 15.3. The Morgan fingerprint density at radius 1 is 1.60 bits per heavy atom. The number of hydrogen-bond acceptors (Lipinski definition) is 4. The van der Waals surface area contributed by atoms with E-state index in [9.17, 15) is 4.79 Å². The van der Waals surface area contributed by atoms with Crippen LogP contribution in [-0.4, -0.2) is 34.6 Å². The fourth-order valence-electron chi connectivity index (χ4n) is 1.74. The first kappa shape index (κ1) is 10.4. The average molecular weight is 212 g/mol. The maximum atomic E-state index is 11.8. The van der Waals surface area contributed by atoms with Crippen LogP contribution < -0.4 is 11.0 Å². The summed E-state index contributed by atoms with van der Waals surface area (Å²) in [5.41, 5.74) is 0.00241. The molecule has 15 heavy (non-hydrogen) atoms. The minimum atomic E-state index is 0.00241. The van der Waals surface area contributed by atoms with Gasteiger partial charge in [0.25, 0.3) is 0 Å². The van der Waals surface area contributed by atoms with Gasteiger partial charge < -0.3 is 10.1 Å². The van der Waals surface area contributed by atoms with Gasteiger partial charge in [0.1, 0.15) is 5.82 Å². The molecule has 0 atom stereocenters. The van der Waals surface area contributed by atoms with E-state index >= 15 is 0 Å². The summed E-state index contributed by atoms with van der Waals surface area (Å²) in [6.07, 6.45) is 0.820. The minimum absolute atomic E-state index is 0.00241. The van der Waals surface area contributed by atoms with Gasteiger partial charge in [0.15, 0.2) is 0 Å². The molecule has 0 saturated carbocycles. The molecule has 0 radical (unpaired) electrons. The Labute approximate surface area is 87.8 Å². The Morgan fingerprint density at radius 2 is 2.47 bits per heavy atom. The van der Waals surface area contributed by atoms with E-state index in [1.165, 1.54) is 4.68 Å². The number of aryl methyl sites for hydroxylation is 1. The van der Waals surface area contributed by atoms with Crippen molar-refractivity contribution in [3.63, 3.8) is 0 Å². The van der Waals surface area contributed by atoms with Crippen LogP contribution in [0.1, 0.15) is 12.2 Å². The third-order valence-corrected chi connectivity index (χ3v) is 2.51. The standard InChI is InChI=1S/C9H16N4O2/c1-15-6-2-4-13-9(14)12-5-3-10-7-8(12)11-13/h10H,2-7H2,1H3. The van der Waals surface area contributed by atoms with Crippen LogP contribution in [-0.2, 0) is 24.4 Å². The van der Waals surface area contributed by atoms with Crippen LogP contribution in [0.2, 0.25) is 0 Å². The van der Waals surface area contributed by atoms with Crippen LogP contribution in [0, 0.1) is 0 Å².